The zero-order chi connectivity index (χ0) is 15.8. The van der Waals surface area contributed by atoms with Gasteiger partial charge in [0.15, 0.2) is 5.75 Å². The van der Waals surface area contributed by atoms with E-state index in [0.29, 0.717) is 0 Å². The summed E-state index contributed by atoms with van der Waals surface area (Å²) in [6, 6.07) is 5.67. The molecule has 0 aliphatic carbocycles. The second kappa shape index (κ2) is 7.93. The van der Waals surface area contributed by atoms with E-state index in [4.69, 9.17) is 0 Å². The fourth-order valence-electron chi connectivity index (χ4n) is 1.32. The summed E-state index contributed by atoms with van der Waals surface area (Å²) in [5, 5.41) is 16.8. The third-order valence-electron chi connectivity index (χ3n) is 2.33. The van der Waals surface area contributed by atoms with Crippen molar-refractivity contribution >= 4 is 11.7 Å². The van der Waals surface area contributed by atoms with E-state index >= 15 is 0 Å². The first kappa shape index (κ1) is 16.5. The topological polar surface area (TPSA) is 80.5 Å². The number of hydrogen-bond acceptors (Lipinski definition) is 6. The van der Waals surface area contributed by atoms with Gasteiger partial charge in [-0.3, -0.25) is 0 Å². The number of carbonyl (C=O) groups is 1. The maximum atomic E-state index is 12.2. The van der Waals surface area contributed by atoms with Crippen molar-refractivity contribution < 1.29 is 28.2 Å². The van der Waals surface area contributed by atoms with Crippen molar-refractivity contribution in [2.75, 3.05) is 7.11 Å². The number of para-hydroxylation sites is 1. The number of allylic oxidation sites excluding steroid dienone is 1. The second-order valence-corrected chi connectivity index (χ2v) is 3.69. The van der Waals surface area contributed by atoms with Gasteiger partial charge in [-0.1, -0.05) is 19.1 Å². The monoisotopic (exact) mass is 300 g/mol. The number of alkyl halides is 2. The van der Waals surface area contributed by atoms with Crippen molar-refractivity contribution in [2.45, 2.75) is 20.0 Å². The van der Waals surface area contributed by atoms with E-state index < -0.39 is 18.3 Å². The van der Waals surface area contributed by atoms with Crippen molar-refractivity contribution in [3.05, 3.63) is 35.7 Å². The second-order valence-electron chi connectivity index (χ2n) is 3.69. The average molecular weight is 300 g/mol. The van der Waals surface area contributed by atoms with E-state index in [9.17, 15) is 18.7 Å². The molecular weight excluding hydrogens is 286 g/mol. The molecule has 1 N–H and O–H groups in total. The first-order valence-electron chi connectivity index (χ1n) is 5.95. The average Bonchev–Trinajstić information content (AvgIpc) is 2.47. The number of carbonyl (C=O) groups excluding carboxylic acids is 1. The van der Waals surface area contributed by atoms with Gasteiger partial charge in [0.25, 0.3) is 0 Å². The molecule has 114 valence electrons. The van der Waals surface area contributed by atoms with Gasteiger partial charge in [0.05, 0.1) is 7.11 Å². The van der Waals surface area contributed by atoms with Crippen LogP contribution in [0.25, 0.3) is 0 Å². The van der Waals surface area contributed by atoms with Crippen LogP contribution in [0.2, 0.25) is 0 Å². The van der Waals surface area contributed by atoms with Crippen LogP contribution in [0, 0.1) is 0 Å². The number of hydrogen-bond donors (Lipinski definition) is 1. The van der Waals surface area contributed by atoms with Gasteiger partial charge in [-0.25, -0.2) is 4.79 Å². The maximum absolute atomic E-state index is 12.2. The number of aliphatic hydroxyl groups is 1. The fourth-order valence-corrected chi connectivity index (χ4v) is 1.32. The number of azo groups is 1. The lowest BCUT2D eigenvalue weighted by atomic mass is 10.3. The van der Waals surface area contributed by atoms with E-state index in [1.54, 1.807) is 6.92 Å². The Balaban J connectivity index is 3.10. The summed E-state index contributed by atoms with van der Waals surface area (Å²) < 4.78 is 33.2. The highest BCUT2D eigenvalue weighted by Gasteiger charge is 2.15. The molecule has 0 fully saturated rings. The maximum Gasteiger partial charge on any atom is 0.387 e. The molecule has 0 heterocycles. The highest BCUT2D eigenvalue weighted by molar-refractivity contribution is 5.88. The summed E-state index contributed by atoms with van der Waals surface area (Å²) in [5.74, 6) is -1.40. The van der Waals surface area contributed by atoms with Crippen LogP contribution in [0.3, 0.4) is 0 Å². The molecular formula is C13H14F2N2O4. The summed E-state index contributed by atoms with van der Waals surface area (Å²) in [6.07, 6.45) is 0.138. The Bertz CT molecular complexity index is 559. The number of benzene rings is 1. The summed E-state index contributed by atoms with van der Waals surface area (Å²) in [5.41, 5.74) is -0.407. The van der Waals surface area contributed by atoms with Gasteiger partial charge >= 0.3 is 12.6 Å². The van der Waals surface area contributed by atoms with Gasteiger partial charge in [-0.2, -0.15) is 8.78 Å². The van der Waals surface area contributed by atoms with Crippen LogP contribution >= 0.6 is 0 Å². The number of nitrogens with zero attached hydrogens (tertiary/aromatic N) is 2. The van der Waals surface area contributed by atoms with Gasteiger partial charge in [0.1, 0.15) is 11.4 Å². The van der Waals surface area contributed by atoms with Crippen LogP contribution in [-0.4, -0.2) is 24.8 Å². The number of aliphatic hydroxyl groups excluding tert-OH is 1. The van der Waals surface area contributed by atoms with Crippen LogP contribution in [-0.2, 0) is 9.53 Å². The first-order chi connectivity index (χ1) is 9.99. The lowest BCUT2D eigenvalue weighted by molar-refractivity contribution is -0.136. The molecule has 0 saturated heterocycles. The molecule has 0 bridgehead atoms. The number of rotatable bonds is 6. The van der Waals surface area contributed by atoms with Crippen LogP contribution in [0.5, 0.6) is 5.75 Å². The zero-order valence-corrected chi connectivity index (χ0v) is 11.4. The predicted octanol–water partition coefficient (Wildman–Crippen LogP) is 3.72. The molecule has 0 aromatic heterocycles. The SMILES string of the molecule is CCC(O)=C(N=Nc1ccccc1OC(F)F)C(=O)OC. The van der Waals surface area contributed by atoms with Gasteiger partial charge in [0, 0.05) is 6.42 Å². The molecule has 6 nitrogen and oxygen atoms in total. The van der Waals surface area contributed by atoms with Gasteiger partial charge in [0.2, 0.25) is 5.70 Å². The Morgan fingerprint density at radius 2 is 2.05 bits per heavy atom. The predicted molar refractivity (Wildman–Crippen MR) is 69.6 cm³/mol. The van der Waals surface area contributed by atoms with Crippen molar-refractivity contribution in [1.82, 2.24) is 0 Å². The highest BCUT2D eigenvalue weighted by Crippen LogP contribution is 2.29. The smallest absolute Gasteiger partial charge is 0.387 e. The van der Waals surface area contributed by atoms with Crippen LogP contribution in [0.4, 0.5) is 14.5 Å². The van der Waals surface area contributed by atoms with Gasteiger partial charge in [-0.15, -0.1) is 10.2 Å². The molecule has 1 aromatic carbocycles. The Hall–Kier alpha value is -2.51. The van der Waals surface area contributed by atoms with E-state index in [0.717, 1.165) is 7.11 Å². The third-order valence-corrected chi connectivity index (χ3v) is 2.33. The molecule has 0 spiro atoms. The number of esters is 1. The summed E-state index contributed by atoms with van der Waals surface area (Å²) in [4.78, 5) is 11.5. The fraction of sp³-hybridized carbons (Fsp3) is 0.308. The largest absolute Gasteiger partial charge is 0.510 e. The standard InChI is InChI=1S/C13H14F2N2O4/c1-3-9(18)11(12(19)20-2)17-16-8-6-4-5-7-10(8)21-13(14)15/h4-7,13,18H,3H2,1-2H3. The third kappa shape index (κ3) is 4.83. The zero-order valence-electron chi connectivity index (χ0n) is 11.4. The minimum Gasteiger partial charge on any atom is -0.510 e. The molecule has 1 rings (SSSR count). The molecule has 0 amide bonds. The van der Waals surface area contributed by atoms with Crippen LogP contribution in [0.1, 0.15) is 13.3 Å². The summed E-state index contributed by atoms with van der Waals surface area (Å²) in [7, 11) is 1.12. The quantitative estimate of drug-likeness (QED) is 0.376. The van der Waals surface area contributed by atoms with Crippen molar-refractivity contribution in [3.8, 4) is 5.75 Å². The Morgan fingerprint density at radius 1 is 1.38 bits per heavy atom. The lowest BCUT2D eigenvalue weighted by Crippen LogP contribution is -2.05. The van der Waals surface area contributed by atoms with E-state index in [2.05, 4.69) is 19.7 Å². The molecule has 0 aliphatic heterocycles. The van der Waals surface area contributed by atoms with E-state index in [-0.39, 0.29) is 23.6 Å². The molecule has 0 radical (unpaired) electrons. The number of halogens is 2. The van der Waals surface area contributed by atoms with Crippen molar-refractivity contribution in [3.63, 3.8) is 0 Å². The first-order valence-corrected chi connectivity index (χ1v) is 5.95. The Labute approximate surface area is 119 Å². The highest BCUT2D eigenvalue weighted by atomic mass is 19.3. The lowest BCUT2D eigenvalue weighted by Gasteiger charge is -2.06. The molecule has 21 heavy (non-hydrogen) atoms. The Morgan fingerprint density at radius 3 is 2.62 bits per heavy atom. The van der Waals surface area contributed by atoms with E-state index in [1.165, 1.54) is 24.3 Å². The molecule has 1 aromatic rings. The Kier molecular flexibility index (Phi) is 6.25. The summed E-state index contributed by atoms with van der Waals surface area (Å²) in [6.45, 7) is -1.41. The van der Waals surface area contributed by atoms with E-state index in [1.807, 2.05) is 0 Å². The van der Waals surface area contributed by atoms with Gasteiger partial charge < -0.3 is 14.6 Å². The molecule has 8 heteroatoms. The number of methoxy groups -OCH3 is 1. The molecule has 0 aliphatic rings. The molecule has 0 saturated carbocycles. The number of ether oxygens (including phenoxy) is 2. The molecule has 0 unspecified atom stereocenters. The van der Waals surface area contributed by atoms with Crippen LogP contribution < -0.4 is 4.74 Å². The molecule has 0 atom stereocenters. The minimum atomic E-state index is -3.01. The van der Waals surface area contributed by atoms with Gasteiger partial charge in [-0.05, 0) is 12.1 Å². The van der Waals surface area contributed by atoms with Crippen molar-refractivity contribution in [1.29, 1.82) is 0 Å². The van der Waals surface area contributed by atoms with Crippen LogP contribution in [0.15, 0.2) is 46.0 Å². The normalized spacial score (nSPS) is 12.4. The minimum absolute atomic E-state index is 0.0110. The van der Waals surface area contributed by atoms with Crippen molar-refractivity contribution in [2.24, 2.45) is 10.2 Å². The summed E-state index contributed by atoms with van der Waals surface area (Å²) >= 11 is 0.